The number of rotatable bonds is 6. The summed E-state index contributed by atoms with van der Waals surface area (Å²) in [5.41, 5.74) is 4.66. The Kier molecular flexibility index (Phi) is 5.15. The third-order valence-corrected chi connectivity index (χ3v) is 2.64. The normalized spacial score (nSPS) is 12.3. The van der Waals surface area contributed by atoms with E-state index in [1.165, 1.54) is 0 Å². The lowest BCUT2D eigenvalue weighted by atomic mass is 10.3. The van der Waals surface area contributed by atoms with Gasteiger partial charge in [0.1, 0.15) is 11.9 Å². The van der Waals surface area contributed by atoms with E-state index >= 15 is 0 Å². The first kappa shape index (κ1) is 14.1. The Morgan fingerprint density at radius 2 is 1.75 bits per heavy atom. The van der Waals surface area contributed by atoms with Crippen LogP contribution in [0.2, 0.25) is 0 Å². The summed E-state index contributed by atoms with van der Waals surface area (Å²) >= 11 is 0. The van der Waals surface area contributed by atoms with E-state index in [4.69, 9.17) is 9.57 Å². The molecule has 4 nitrogen and oxygen atoms in total. The van der Waals surface area contributed by atoms with Crippen LogP contribution in [0.15, 0.2) is 59.6 Å². The molecular weight excluding hydrogens is 252 g/mol. The summed E-state index contributed by atoms with van der Waals surface area (Å²) < 4.78 is 5.10. The van der Waals surface area contributed by atoms with Crippen molar-refractivity contribution in [2.45, 2.75) is 13.0 Å². The fraction of sp³-hybridized carbons (Fsp3) is 0.188. The van der Waals surface area contributed by atoms with Gasteiger partial charge in [-0.25, -0.2) is 0 Å². The molecule has 2 rings (SSSR count). The molecule has 104 valence electrons. The number of para-hydroxylation sites is 1. The maximum atomic E-state index is 5.47. The molecule has 0 aliphatic heterocycles. The van der Waals surface area contributed by atoms with Gasteiger partial charge in [-0.2, -0.15) is 0 Å². The highest BCUT2D eigenvalue weighted by atomic mass is 16.7. The van der Waals surface area contributed by atoms with Crippen molar-refractivity contribution in [1.29, 1.82) is 0 Å². The van der Waals surface area contributed by atoms with Gasteiger partial charge in [0.2, 0.25) is 0 Å². The van der Waals surface area contributed by atoms with Crippen LogP contribution in [-0.2, 0) is 4.84 Å². The summed E-state index contributed by atoms with van der Waals surface area (Å²) in [6, 6.07) is 17.3. The topological polar surface area (TPSA) is 42.9 Å². The van der Waals surface area contributed by atoms with E-state index < -0.39 is 0 Å². The maximum absolute atomic E-state index is 5.47. The lowest BCUT2D eigenvalue weighted by Gasteiger charge is -2.09. The second kappa shape index (κ2) is 7.31. The Balaban J connectivity index is 1.83. The molecule has 0 unspecified atom stereocenters. The Labute approximate surface area is 119 Å². The van der Waals surface area contributed by atoms with Crippen LogP contribution in [0.1, 0.15) is 6.92 Å². The lowest BCUT2D eigenvalue weighted by molar-refractivity contribution is 0.170. The summed E-state index contributed by atoms with van der Waals surface area (Å²) in [5.74, 6) is 0.819. The van der Waals surface area contributed by atoms with Crippen LogP contribution in [0.3, 0.4) is 0 Å². The molecule has 20 heavy (non-hydrogen) atoms. The minimum atomic E-state index is -0.141. The van der Waals surface area contributed by atoms with Gasteiger partial charge < -0.3 is 4.74 Å². The van der Waals surface area contributed by atoms with Crippen LogP contribution < -0.4 is 10.2 Å². The zero-order chi connectivity index (χ0) is 14.2. The van der Waals surface area contributed by atoms with Gasteiger partial charge in [-0.1, -0.05) is 18.2 Å². The molecule has 0 aliphatic carbocycles. The highest BCUT2D eigenvalue weighted by Crippen LogP contribution is 2.17. The standard InChI is InChI=1S/C16H18N2O2/c1-13(20-18-15-6-4-3-5-7-15)12-17-14-8-10-16(19-2)11-9-14/h3-13,18H,1-2H3/t13-/m0/s1. The number of methoxy groups -OCH3 is 1. The van der Waals surface area contributed by atoms with E-state index in [9.17, 15) is 0 Å². The van der Waals surface area contributed by atoms with Gasteiger partial charge in [0.25, 0.3) is 0 Å². The first-order valence-corrected chi connectivity index (χ1v) is 6.43. The summed E-state index contributed by atoms with van der Waals surface area (Å²) in [4.78, 5) is 9.82. The van der Waals surface area contributed by atoms with Gasteiger partial charge in [0, 0.05) is 6.21 Å². The molecule has 0 radical (unpaired) electrons. The van der Waals surface area contributed by atoms with Crippen molar-refractivity contribution in [1.82, 2.24) is 0 Å². The Morgan fingerprint density at radius 3 is 2.40 bits per heavy atom. The zero-order valence-electron chi connectivity index (χ0n) is 11.6. The molecule has 0 saturated heterocycles. The minimum absolute atomic E-state index is 0.141. The number of nitrogens with zero attached hydrogens (tertiary/aromatic N) is 1. The molecule has 0 amide bonds. The van der Waals surface area contributed by atoms with Gasteiger partial charge in [-0.3, -0.25) is 15.3 Å². The summed E-state index contributed by atoms with van der Waals surface area (Å²) in [7, 11) is 1.64. The summed E-state index contributed by atoms with van der Waals surface area (Å²) in [5, 5.41) is 0. The molecular formula is C16H18N2O2. The number of hydrogen-bond acceptors (Lipinski definition) is 4. The second-order valence-electron chi connectivity index (χ2n) is 4.27. The van der Waals surface area contributed by atoms with E-state index in [0.29, 0.717) is 0 Å². The average molecular weight is 270 g/mol. The molecule has 1 atom stereocenters. The van der Waals surface area contributed by atoms with Crippen LogP contribution in [0.25, 0.3) is 0 Å². The number of ether oxygens (including phenoxy) is 1. The number of nitrogens with one attached hydrogen (secondary N) is 1. The monoisotopic (exact) mass is 270 g/mol. The third kappa shape index (κ3) is 4.40. The Bertz CT molecular complexity index is 538. The predicted molar refractivity (Wildman–Crippen MR) is 81.8 cm³/mol. The first-order valence-electron chi connectivity index (χ1n) is 6.43. The summed E-state index contributed by atoms with van der Waals surface area (Å²) in [6.07, 6.45) is 1.61. The second-order valence-corrected chi connectivity index (χ2v) is 4.27. The molecule has 0 bridgehead atoms. The molecule has 2 aromatic carbocycles. The van der Waals surface area contributed by atoms with Gasteiger partial charge in [0.15, 0.2) is 0 Å². The van der Waals surface area contributed by atoms with Gasteiger partial charge in [0.05, 0.1) is 18.5 Å². The highest BCUT2D eigenvalue weighted by Gasteiger charge is 1.98. The van der Waals surface area contributed by atoms with Gasteiger partial charge >= 0.3 is 0 Å². The maximum Gasteiger partial charge on any atom is 0.119 e. The quantitative estimate of drug-likeness (QED) is 0.640. The number of hydrogen-bond donors (Lipinski definition) is 1. The highest BCUT2D eigenvalue weighted by molar-refractivity contribution is 5.67. The molecule has 1 N–H and O–H groups in total. The van der Waals surface area contributed by atoms with Crippen molar-refractivity contribution in [2.75, 3.05) is 12.6 Å². The van der Waals surface area contributed by atoms with Crippen LogP contribution in [0.4, 0.5) is 11.4 Å². The molecule has 0 saturated carbocycles. The molecule has 2 aromatic rings. The van der Waals surface area contributed by atoms with Crippen molar-refractivity contribution in [2.24, 2.45) is 4.99 Å². The lowest BCUT2D eigenvalue weighted by Crippen LogP contribution is -2.14. The average Bonchev–Trinajstić information content (AvgIpc) is 2.52. The Hall–Kier alpha value is -2.33. The van der Waals surface area contributed by atoms with E-state index in [0.717, 1.165) is 17.1 Å². The van der Waals surface area contributed by atoms with Crippen LogP contribution in [0, 0.1) is 0 Å². The van der Waals surface area contributed by atoms with Crippen molar-refractivity contribution >= 4 is 17.6 Å². The Morgan fingerprint density at radius 1 is 1.05 bits per heavy atom. The molecule has 0 aromatic heterocycles. The van der Waals surface area contributed by atoms with E-state index in [2.05, 4.69) is 10.5 Å². The van der Waals surface area contributed by atoms with Crippen LogP contribution in [0.5, 0.6) is 5.75 Å². The van der Waals surface area contributed by atoms with E-state index in [1.807, 2.05) is 61.5 Å². The smallest absolute Gasteiger partial charge is 0.119 e. The van der Waals surface area contributed by atoms with Crippen molar-refractivity contribution in [3.63, 3.8) is 0 Å². The third-order valence-electron chi connectivity index (χ3n) is 2.64. The van der Waals surface area contributed by atoms with Crippen molar-refractivity contribution in [3.8, 4) is 5.75 Å². The van der Waals surface area contributed by atoms with Crippen LogP contribution >= 0.6 is 0 Å². The zero-order valence-corrected chi connectivity index (χ0v) is 11.6. The van der Waals surface area contributed by atoms with Crippen molar-refractivity contribution < 1.29 is 9.57 Å². The number of aliphatic imine (C=N–C) groups is 1. The molecule has 0 spiro atoms. The molecule has 0 fully saturated rings. The SMILES string of the molecule is COc1ccc(N=C[C@H](C)ONc2ccccc2)cc1. The number of anilines is 1. The van der Waals surface area contributed by atoms with Crippen LogP contribution in [-0.4, -0.2) is 19.4 Å². The largest absolute Gasteiger partial charge is 0.497 e. The fourth-order valence-electron chi connectivity index (χ4n) is 1.56. The van der Waals surface area contributed by atoms with Gasteiger partial charge in [-0.05, 0) is 43.3 Å². The number of benzene rings is 2. The van der Waals surface area contributed by atoms with Gasteiger partial charge in [-0.15, -0.1) is 0 Å². The fourth-order valence-corrected chi connectivity index (χ4v) is 1.56. The molecule has 0 heterocycles. The van der Waals surface area contributed by atoms with E-state index in [-0.39, 0.29) is 6.10 Å². The predicted octanol–water partition coefficient (Wildman–Crippen LogP) is 3.83. The first-order chi connectivity index (χ1) is 9.78. The van der Waals surface area contributed by atoms with E-state index in [1.54, 1.807) is 13.3 Å². The molecule has 4 heteroatoms. The van der Waals surface area contributed by atoms with Crippen molar-refractivity contribution in [3.05, 3.63) is 54.6 Å². The summed E-state index contributed by atoms with van der Waals surface area (Å²) in [6.45, 7) is 1.92. The molecule has 0 aliphatic rings. The minimum Gasteiger partial charge on any atom is -0.497 e.